The van der Waals surface area contributed by atoms with E-state index in [0.29, 0.717) is 16.7 Å². The molecule has 4 rings (SSSR count). The molecular weight excluding hydrogens is 420 g/mol. The number of aromatic nitrogens is 3. The molecule has 1 atom stereocenters. The zero-order valence-corrected chi connectivity index (χ0v) is 17.6. The highest BCUT2D eigenvalue weighted by atomic mass is 32.2. The lowest BCUT2D eigenvalue weighted by molar-refractivity contribution is -0.137. The lowest BCUT2D eigenvalue weighted by Gasteiger charge is -2.18. The lowest BCUT2D eigenvalue weighted by Crippen LogP contribution is -2.15. The van der Waals surface area contributed by atoms with Gasteiger partial charge in [0.1, 0.15) is 5.69 Å². The van der Waals surface area contributed by atoms with Crippen molar-refractivity contribution in [2.45, 2.75) is 31.2 Å². The number of hydrogen-bond donors (Lipinski definition) is 2. The lowest BCUT2D eigenvalue weighted by atomic mass is 10.0. The van der Waals surface area contributed by atoms with Gasteiger partial charge in [-0.25, -0.2) is 13.4 Å². The minimum Gasteiger partial charge on any atom is -0.481 e. The molecule has 0 aliphatic rings. The van der Waals surface area contributed by atoms with E-state index in [2.05, 4.69) is 14.9 Å². The SMILES string of the molecule is Cc1noc(C)c1S(=O)(=O)Nc1ccc2c(c1)ncn2C(CC(=O)O)c1ccccc1. The van der Waals surface area contributed by atoms with Crippen LogP contribution in [-0.2, 0) is 14.8 Å². The van der Waals surface area contributed by atoms with Gasteiger partial charge in [-0.3, -0.25) is 9.52 Å². The van der Waals surface area contributed by atoms with Crippen LogP contribution in [0.15, 0.2) is 64.3 Å². The second-order valence-electron chi connectivity index (χ2n) is 7.14. The van der Waals surface area contributed by atoms with Crippen LogP contribution in [0.25, 0.3) is 11.0 Å². The number of nitrogens with zero attached hydrogens (tertiary/aromatic N) is 3. The third kappa shape index (κ3) is 4.02. The van der Waals surface area contributed by atoms with Crippen LogP contribution in [0, 0.1) is 13.8 Å². The Hall–Kier alpha value is -3.66. The number of carbonyl (C=O) groups is 1. The number of aryl methyl sites for hydroxylation is 2. The third-order valence-electron chi connectivity index (χ3n) is 4.95. The van der Waals surface area contributed by atoms with Gasteiger partial charge >= 0.3 is 5.97 Å². The van der Waals surface area contributed by atoms with Crippen LogP contribution in [0.1, 0.15) is 29.5 Å². The monoisotopic (exact) mass is 440 g/mol. The van der Waals surface area contributed by atoms with Gasteiger partial charge in [-0.05, 0) is 37.6 Å². The fourth-order valence-electron chi connectivity index (χ4n) is 3.63. The van der Waals surface area contributed by atoms with Crippen LogP contribution in [0.3, 0.4) is 0 Å². The van der Waals surface area contributed by atoms with Crippen molar-refractivity contribution in [3.63, 3.8) is 0 Å². The Morgan fingerprint density at radius 3 is 2.58 bits per heavy atom. The summed E-state index contributed by atoms with van der Waals surface area (Å²) in [6.45, 7) is 3.09. The normalized spacial score (nSPS) is 12.7. The summed E-state index contributed by atoms with van der Waals surface area (Å²) < 4.78 is 34.8. The number of carboxylic acids is 1. The summed E-state index contributed by atoms with van der Waals surface area (Å²) in [5.74, 6) is -0.728. The number of aliphatic carboxylic acids is 1. The molecule has 0 amide bonds. The second-order valence-corrected chi connectivity index (χ2v) is 8.76. The summed E-state index contributed by atoms with van der Waals surface area (Å²) in [5, 5.41) is 13.1. The van der Waals surface area contributed by atoms with E-state index in [4.69, 9.17) is 4.52 Å². The van der Waals surface area contributed by atoms with Gasteiger partial charge in [0.2, 0.25) is 0 Å². The minimum absolute atomic E-state index is 0.00345. The molecule has 0 radical (unpaired) electrons. The van der Waals surface area contributed by atoms with E-state index >= 15 is 0 Å². The Bertz CT molecular complexity index is 1340. The van der Waals surface area contributed by atoms with E-state index in [-0.39, 0.29) is 22.8 Å². The van der Waals surface area contributed by atoms with Crippen molar-refractivity contribution in [2.24, 2.45) is 0 Å². The Morgan fingerprint density at radius 1 is 1.19 bits per heavy atom. The number of imidazole rings is 1. The molecule has 9 nitrogen and oxygen atoms in total. The van der Waals surface area contributed by atoms with Gasteiger partial charge in [0.25, 0.3) is 10.0 Å². The predicted octanol–water partition coefficient (Wildman–Crippen LogP) is 3.51. The van der Waals surface area contributed by atoms with Crippen molar-refractivity contribution in [1.29, 1.82) is 0 Å². The van der Waals surface area contributed by atoms with Crippen molar-refractivity contribution >= 4 is 32.7 Å². The molecule has 10 heteroatoms. The summed E-state index contributed by atoms with van der Waals surface area (Å²) in [4.78, 5) is 15.8. The van der Waals surface area contributed by atoms with E-state index in [1.807, 2.05) is 30.3 Å². The molecule has 0 saturated heterocycles. The number of nitrogens with one attached hydrogen (secondary N) is 1. The number of hydrogen-bond acceptors (Lipinski definition) is 6. The Balaban J connectivity index is 1.70. The summed E-state index contributed by atoms with van der Waals surface area (Å²) in [6, 6.07) is 13.8. The number of anilines is 1. The molecule has 0 aliphatic heterocycles. The maximum atomic E-state index is 12.8. The molecule has 2 heterocycles. The van der Waals surface area contributed by atoms with Crippen molar-refractivity contribution < 1.29 is 22.8 Å². The van der Waals surface area contributed by atoms with E-state index in [9.17, 15) is 18.3 Å². The zero-order valence-electron chi connectivity index (χ0n) is 16.8. The molecule has 31 heavy (non-hydrogen) atoms. The number of benzene rings is 2. The van der Waals surface area contributed by atoms with Crippen LogP contribution in [0.5, 0.6) is 0 Å². The van der Waals surface area contributed by atoms with Gasteiger partial charge in [0.05, 0.1) is 35.5 Å². The van der Waals surface area contributed by atoms with Crippen molar-refractivity contribution in [2.75, 3.05) is 4.72 Å². The smallest absolute Gasteiger partial charge is 0.305 e. The predicted molar refractivity (Wildman–Crippen MR) is 113 cm³/mol. The van der Waals surface area contributed by atoms with Crippen LogP contribution in [0.4, 0.5) is 5.69 Å². The standard InChI is InChI=1S/C21H20N4O5S/c1-13-21(14(2)30-23-13)31(28,29)24-16-8-9-18-17(10-16)22-12-25(18)19(11-20(26)27)15-6-4-3-5-7-15/h3-10,12,19,24H,11H2,1-2H3,(H,26,27). The molecule has 2 aromatic carbocycles. The number of rotatable bonds is 7. The molecular formula is C21H20N4O5S. The van der Waals surface area contributed by atoms with Crippen LogP contribution in [0.2, 0.25) is 0 Å². The van der Waals surface area contributed by atoms with E-state index in [1.54, 1.807) is 36.0 Å². The van der Waals surface area contributed by atoms with E-state index < -0.39 is 22.0 Å². The first-order valence-corrected chi connectivity index (χ1v) is 10.9. The zero-order chi connectivity index (χ0) is 22.2. The topological polar surface area (TPSA) is 127 Å². The number of carboxylic acid groups (broad SMARTS) is 1. The van der Waals surface area contributed by atoms with Crippen LogP contribution < -0.4 is 4.72 Å². The highest BCUT2D eigenvalue weighted by Crippen LogP contribution is 2.29. The molecule has 0 bridgehead atoms. The average molecular weight is 440 g/mol. The van der Waals surface area contributed by atoms with Gasteiger partial charge in [0.15, 0.2) is 10.7 Å². The Kier molecular flexibility index (Phi) is 5.24. The summed E-state index contributed by atoms with van der Waals surface area (Å²) in [6.07, 6.45) is 1.45. The summed E-state index contributed by atoms with van der Waals surface area (Å²) in [5.41, 5.74) is 2.66. The molecule has 4 aromatic rings. The Labute approximate surface area is 178 Å². The quantitative estimate of drug-likeness (QED) is 0.450. The van der Waals surface area contributed by atoms with Gasteiger partial charge in [-0.2, -0.15) is 0 Å². The summed E-state index contributed by atoms with van der Waals surface area (Å²) >= 11 is 0. The fraction of sp³-hybridized carbons (Fsp3) is 0.190. The fourth-order valence-corrected chi connectivity index (χ4v) is 5.01. The number of sulfonamides is 1. The van der Waals surface area contributed by atoms with Gasteiger partial charge in [-0.15, -0.1) is 0 Å². The van der Waals surface area contributed by atoms with Crippen LogP contribution in [-0.4, -0.2) is 34.2 Å². The van der Waals surface area contributed by atoms with Gasteiger partial charge in [-0.1, -0.05) is 35.5 Å². The highest BCUT2D eigenvalue weighted by Gasteiger charge is 2.25. The van der Waals surface area contributed by atoms with Crippen LogP contribution >= 0.6 is 0 Å². The molecule has 1 unspecified atom stereocenters. The molecule has 2 aromatic heterocycles. The average Bonchev–Trinajstić information content (AvgIpc) is 3.29. The van der Waals surface area contributed by atoms with Gasteiger partial charge < -0.3 is 14.2 Å². The first-order valence-electron chi connectivity index (χ1n) is 9.45. The van der Waals surface area contributed by atoms with Gasteiger partial charge in [0, 0.05) is 0 Å². The minimum atomic E-state index is -3.89. The largest absolute Gasteiger partial charge is 0.481 e. The number of fused-ring (bicyclic) bond motifs is 1. The first-order chi connectivity index (χ1) is 14.8. The van der Waals surface area contributed by atoms with Crippen molar-refractivity contribution in [1.82, 2.24) is 14.7 Å². The highest BCUT2D eigenvalue weighted by molar-refractivity contribution is 7.92. The summed E-state index contributed by atoms with van der Waals surface area (Å²) in [7, 11) is -3.89. The molecule has 2 N–H and O–H groups in total. The molecule has 0 spiro atoms. The molecule has 0 fully saturated rings. The molecule has 0 saturated carbocycles. The molecule has 0 aliphatic carbocycles. The second kappa shape index (κ2) is 7.88. The maximum absolute atomic E-state index is 12.8. The maximum Gasteiger partial charge on any atom is 0.305 e. The van der Waals surface area contributed by atoms with Crippen molar-refractivity contribution in [3.05, 3.63) is 71.9 Å². The van der Waals surface area contributed by atoms with E-state index in [1.165, 1.54) is 6.92 Å². The first kappa shape index (κ1) is 20.6. The Morgan fingerprint density at radius 2 is 1.94 bits per heavy atom. The third-order valence-corrected chi connectivity index (χ3v) is 6.58. The van der Waals surface area contributed by atoms with E-state index in [0.717, 1.165) is 5.56 Å². The van der Waals surface area contributed by atoms with Crippen molar-refractivity contribution in [3.8, 4) is 0 Å². The molecule has 160 valence electrons.